The first-order valence-electron chi connectivity index (χ1n) is 8.02. The molecule has 118 valence electrons. The summed E-state index contributed by atoms with van der Waals surface area (Å²) < 4.78 is 11.0. The molecule has 0 aromatic heterocycles. The first-order chi connectivity index (χ1) is 11.1. The SMILES string of the molecule is C=C1CC2COC(=O)C2(Cc2cc3ccccc3cc2OC)C1. The van der Waals surface area contributed by atoms with E-state index in [1.807, 2.05) is 12.1 Å². The van der Waals surface area contributed by atoms with Gasteiger partial charge in [-0.05, 0) is 47.7 Å². The number of rotatable bonds is 3. The molecule has 23 heavy (non-hydrogen) atoms. The molecule has 3 heteroatoms. The van der Waals surface area contributed by atoms with Crippen molar-refractivity contribution in [1.82, 2.24) is 0 Å². The Morgan fingerprint density at radius 3 is 2.78 bits per heavy atom. The van der Waals surface area contributed by atoms with Crippen LogP contribution in [0.2, 0.25) is 0 Å². The molecule has 1 heterocycles. The highest BCUT2D eigenvalue weighted by Gasteiger charge is 2.56. The van der Waals surface area contributed by atoms with Crippen molar-refractivity contribution in [3.8, 4) is 5.75 Å². The zero-order valence-corrected chi connectivity index (χ0v) is 13.3. The van der Waals surface area contributed by atoms with Gasteiger partial charge in [0.25, 0.3) is 0 Å². The topological polar surface area (TPSA) is 35.5 Å². The quantitative estimate of drug-likeness (QED) is 0.637. The standard InChI is InChI=1S/C20H20O3/c1-13-7-17-12-23-19(21)20(17,10-13)11-16-8-14-5-3-4-6-15(14)9-18(16)22-2/h3-6,8-9,17H,1,7,10-12H2,2H3. The first-order valence-corrected chi connectivity index (χ1v) is 8.02. The maximum absolute atomic E-state index is 12.5. The monoisotopic (exact) mass is 308 g/mol. The zero-order chi connectivity index (χ0) is 16.0. The molecule has 2 aromatic rings. The van der Waals surface area contributed by atoms with Crippen LogP contribution in [0.5, 0.6) is 5.75 Å². The van der Waals surface area contributed by atoms with E-state index in [0.29, 0.717) is 13.0 Å². The Balaban J connectivity index is 1.80. The average molecular weight is 308 g/mol. The summed E-state index contributed by atoms with van der Waals surface area (Å²) in [5.74, 6) is 1.02. The van der Waals surface area contributed by atoms with Crippen LogP contribution in [0.4, 0.5) is 0 Å². The van der Waals surface area contributed by atoms with Crippen LogP contribution in [0.1, 0.15) is 18.4 Å². The van der Waals surface area contributed by atoms with Crippen molar-refractivity contribution in [2.45, 2.75) is 19.3 Å². The molecule has 0 bridgehead atoms. The van der Waals surface area contributed by atoms with E-state index in [1.54, 1.807) is 7.11 Å². The summed E-state index contributed by atoms with van der Waals surface area (Å²) in [5, 5.41) is 2.31. The molecule has 1 aliphatic carbocycles. The predicted molar refractivity (Wildman–Crippen MR) is 89.5 cm³/mol. The molecular weight excluding hydrogens is 288 g/mol. The third kappa shape index (κ3) is 2.14. The van der Waals surface area contributed by atoms with Gasteiger partial charge in [0.05, 0.1) is 19.1 Å². The van der Waals surface area contributed by atoms with E-state index >= 15 is 0 Å². The fourth-order valence-corrected chi connectivity index (χ4v) is 4.20. The van der Waals surface area contributed by atoms with Crippen LogP contribution in [0.15, 0.2) is 48.6 Å². The second-order valence-electron chi connectivity index (χ2n) is 6.77. The number of hydrogen-bond acceptors (Lipinski definition) is 3. The van der Waals surface area contributed by atoms with Gasteiger partial charge in [0.1, 0.15) is 5.75 Å². The van der Waals surface area contributed by atoms with Gasteiger partial charge in [-0.3, -0.25) is 4.79 Å². The maximum Gasteiger partial charge on any atom is 0.313 e. The van der Waals surface area contributed by atoms with Crippen LogP contribution >= 0.6 is 0 Å². The lowest BCUT2D eigenvalue weighted by molar-refractivity contribution is -0.146. The molecule has 0 N–H and O–H groups in total. The lowest BCUT2D eigenvalue weighted by atomic mass is 9.74. The van der Waals surface area contributed by atoms with Crippen LogP contribution in [0, 0.1) is 11.3 Å². The Morgan fingerprint density at radius 1 is 1.30 bits per heavy atom. The Morgan fingerprint density at radius 2 is 2.04 bits per heavy atom. The molecule has 1 saturated carbocycles. The summed E-state index contributed by atoms with van der Waals surface area (Å²) in [6.45, 7) is 4.63. The zero-order valence-electron chi connectivity index (χ0n) is 13.3. The molecule has 1 saturated heterocycles. The summed E-state index contributed by atoms with van der Waals surface area (Å²) in [5.41, 5.74) is 1.78. The van der Waals surface area contributed by atoms with E-state index < -0.39 is 5.41 Å². The number of methoxy groups -OCH3 is 1. The van der Waals surface area contributed by atoms with Crippen molar-refractivity contribution >= 4 is 16.7 Å². The van der Waals surface area contributed by atoms with E-state index in [9.17, 15) is 4.79 Å². The largest absolute Gasteiger partial charge is 0.496 e. The van der Waals surface area contributed by atoms with E-state index in [-0.39, 0.29) is 11.9 Å². The van der Waals surface area contributed by atoms with Crippen LogP contribution < -0.4 is 4.74 Å². The maximum atomic E-state index is 12.5. The van der Waals surface area contributed by atoms with Gasteiger partial charge in [0.15, 0.2) is 0 Å². The van der Waals surface area contributed by atoms with E-state index in [4.69, 9.17) is 9.47 Å². The van der Waals surface area contributed by atoms with Crippen LogP contribution in [-0.4, -0.2) is 19.7 Å². The van der Waals surface area contributed by atoms with Gasteiger partial charge in [-0.1, -0.05) is 36.4 Å². The molecule has 2 fully saturated rings. The lowest BCUT2D eigenvalue weighted by Gasteiger charge is -2.25. The second kappa shape index (κ2) is 5.12. The number of ether oxygens (including phenoxy) is 2. The molecule has 1 aliphatic heterocycles. The van der Waals surface area contributed by atoms with Gasteiger partial charge < -0.3 is 9.47 Å². The lowest BCUT2D eigenvalue weighted by Crippen LogP contribution is -2.31. The predicted octanol–water partition coefficient (Wildman–Crippen LogP) is 3.90. The molecule has 0 spiro atoms. The highest BCUT2D eigenvalue weighted by molar-refractivity contribution is 5.86. The minimum absolute atomic E-state index is 0.0728. The number of cyclic esters (lactones) is 1. The van der Waals surface area contributed by atoms with Gasteiger partial charge in [0, 0.05) is 5.92 Å². The Kier molecular flexibility index (Phi) is 3.19. The highest BCUT2D eigenvalue weighted by atomic mass is 16.5. The molecule has 3 nitrogen and oxygen atoms in total. The highest BCUT2D eigenvalue weighted by Crippen LogP contribution is 2.53. The summed E-state index contributed by atoms with van der Waals surface area (Å²) >= 11 is 0. The fraction of sp³-hybridized carbons (Fsp3) is 0.350. The molecule has 2 aromatic carbocycles. The minimum atomic E-state index is -0.452. The number of carbonyl (C=O) groups is 1. The Hall–Kier alpha value is -2.29. The van der Waals surface area contributed by atoms with Gasteiger partial charge in [-0.25, -0.2) is 0 Å². The van der Waals surface area contributed by atoms with Crippen LogP contribution in [0.3, 0.4) is 0 Å². The number of carbonyl (C=O) groups excluding carboxylic acids is 1. The normalized spacial score (nSPS) is 26.4. The summed E-state index contributed by atoms with van der Waals surface area (Å²) in [6, 6.07) is 12.4. The van der Waals surface area contributed by atoms with Crippen molar-refractivity contribution < 1.29 is 14.3 Å². The van der Waals surface area contributed by atoms with E-state index in [1.165, 1.54) is 5.39 Å². The molecule has 0 radical (unpaired) electrons. The van der Waals surface area contributed by atoms with Crippen molar-refractivity contribution in [3.05, 3.63) is 54.1 Å². The fourth-order valence-electron chi connectivity index (χ4n) is 4.20. The summed E-state index contributed by atoms with van der Waals surface area (Å²) in [7, 11) is 1.68. The first kappa shape index (κ1) is 14.3. The van der Waals surface area contributed by atoms with Crippen molar-refractivity contribution in [1.29, 1.82) is 0 Å². The third-order valence-electron chi connectivity index (χ3n) is 5.36. The molecule has 4 rings (SSSR count). The van der Waals surface area contributed by atoms with Crippen LogP contribution in [-0.2, 0) is 16.0 Å². The summed E-state index contributed by atoms with van der Waals surface area (Å²) in [6.07, 6.45) is 2.28. The number of hydrogen-bond donors (Lipinski definition) is 0. The molecular formula is C20H20O3. The van der Waals surface area contributed by atoms with Gasteiger partial charge in [-0.15, -0.1) is 0 Å². The van der Waals surface area contributed by atoms with Gasteiger partial charge >= 0.3 is 5.97 Å². The second-order valence-corrected chi connectivity index (χ2v) is 6.77. The molecule has 2 atom stereocenters. The third-order valence-corrected chi connectivity index (χ3v) is 5.36. The summed E-state index contributed by atoms with van der Waals surface area (Å²) in [4.78, 5) is 12.5. The van der Waals surface area contributed by atoms with Gasteiger partial charge in [0.2, 0.25) is 0 Å². The molecule has 2 aliphatic rings. The van der Waals surface area contributed by atoms with Gasteiger partial charge in [-0.2, -0.15) is 0 Å². The van der Waals surface area contributed by atoms with Crippen molar-refractivity contribution in [3.63, 3.8) is 0 Å². The number of fused-ring (bicyclic) bond motifs is 2. The molecule has 2 unspecified atom stereocenters. The van der Waals surface area contributed by atoms with Crippen molar-refractivity contribution in [2.24, 2.45) is 11.3 Å². The van der Waals surface area contributed by atoms with Crippen LogP contribution in [0.25, 0.3) is 10.8 Å². The smallest absolute Gasteiger partial charge is 0.313 e. The minimum Gasteiger partial charge on any atom is -0.496 e. The van der Waals surface area contributed by atoms with E-state index in [0.717, 1.165) is 35.1 Å². The Bertz CT molecular complexity index is 808. The Labute approximate surface area is 135 Å². The van der Waals surface area contributed by atoms with Crippen molar-refractivity contribution in [2.75, 3.05) is 13.7 Å². The van der Waals surface area contributed by atoms with E-state index in [2.05, 4.69) is 30.8 Å². The number of benzene rings is 2. The number of allylic oxidation sites excluding steroid dienone is 1. The average Bonchev–Trinajstić information content (AvgIpc) is 3.01. The number of esters is 1. The molecule has 0 amide bonds.